The van der Waals surface area contributed by atoms with Gasteiger partial charge in [-0.25, -0.2) is 0 Å². The first-order valence-electron chi connectivity index (χ1n) is 18.4. The summed E-state index contributed by atoms with van der Waals surface area (Å²) >= 11 is 0. The van der Waals surface area contributed by atoms with Crippen LogP contribution in [0.3, 0.4) is 0 Å². The van der Waals surface area contributed by atoms with E-state index in [1.165, 1.54) is 99.1 Å². The van der Waals surface area contributed by atoms with Crippen molar-refractivity contribution in [3.63, 3.8) is 0 Å². The van der Waals surface area contributed by atoms with Gasteiger partial charge in [-0.05, 0) is 134 Å². The minimum atomic E-state index is -0.117. The maximum Gasteiger partial charge on any atom is 0.0159 e. The van der Waals surface area contributed by atoms with Crippen molar-refractivity contribution in [3.8, 4) is 22.3 Å². The molecule has 0 aliphatic heterocycles. The van der Waals surface area contributed by atoms with Crippen LogP contribution in [-0.4, -0.2) is 0 Å². The summed E-state index contributed by atoms with van der Waals surface area (Å²) in [6.45, 7) is 33.5. The molecule has 0 aromatic heterocycles. The Labute approximate surface area is 289 Å². The van der Waals surface area contributed by atoms with Crippen LogP contribution in [0.15, 0.2) is 60.7 Å². The predicted molar refractivity (Wildman–Crippen MR) is 211 cm³/mol. The van der Waals surface area contributed by atoms with Crippen LogP contribution in [0, 0.1) is 0 Å². The second-order valence-electron chi connectivity index (χ2n) is 19.1. The molecule has 0 saturated carbocycles. The molecule has 6 aromatic carbocycles. The quantitative estimate of drug-likeness (QED) is 0.167. The summed E-state index contributed by atoms with van der Waals surface area (Å²) in [5.74, 6) is 0.817. The molecule has 48 heavy (non-hydrogen) atoms. The molecule has 2 aliphatic rings. The minimum Gasteiger partial charge on any atom is -0.0587 e. The smallest absolute Gasteiger partial charge is 0.0159 e. The highest BCUT2D eigenvalue weighted by Gasteiger charge is 2.40. The molecule has 2 aliphatic carbocycles. The van der Waals surface area contributed by atoms with Crippen LogP contribution >= 0.6 is 0 Å². The molecule has 6 aromatic rings. The number of hydrogen-bond donors (Lipinski definition) is 0. The normalized spacial score (nSPS) is 16.4. The Bertz CT molecular complexity index is 2170. The van der Waals surface area contributed by atoms with Crippen molar-refractivity contribution in [1.29, 1.82) is 0 Å². The molecule has 0 heterocycles. The molecule has 0 atom stereocenters. The lowest BCUT2D eigenvalue weighted by molar-refractivity contribution is 0.582. The standard InChI is InChI=1S/C48H54/c1-25(2)31-23-39-41-34(30-18-16-27(45(5,6)7)19-37(30)47(39,11)12)22-36-32(26(3)4)24-40-42-33(21-35(31)43(41)44(36)42)29-17-15-28(46(8,9)10)20-38(29)48(40,13)14/h15-26H,1-14H3. The molecule has 0 bridgehead atoms. The highest BCUT2D eigenvalue weighted by molar-refractivity contribution is 6.32. The van der Waals surface area contributed by atoms with Crippen molar-refractivity contribution in [2.24, 2.45) is 0 Å². The zero-order chi connectivity index (χ0) is 34.6. The molecule has 246 valence electrons. The third kappa shape index (κ3) is 4.01. The van der Waals surface area contributed by atoms with E-state index in [0.717, 1.165) is 0 Å². The van der Waals surface area contributed by atoms with Gasteiger partial charge in [-0.15, -0.1) is 0 Å². The fourth-order valence-corrected chi connectivity index (χ4v) is 9.44. The molecule has 0 amide bonds. The van der Waals surface area contributed by atoms with Crippen molar-refractivity contribution in [3.05, 3.63) is 105 Å². The van der Waals surface area contributed by atoms with Crippen molar-refractivity contribution in [1.82, 2.24) is 0 Å². The molecule has 0 unspecified atom stereocenters. The summed E-state index contributed by atoms with van der Waals surface area (Å²) in [5, 5.41) is 8.84. The third-order valence-electron chi connectivity index (χ3n) is 12.5. The fourth-order valence-electron chi connectivity index (χ4n) is 9.44. The predicted octanol–water partition coefficient (Wildman–Crippen LogP) is 14.0. The molecule has 0 heteroatoms. The van der Waals surface area contributed by atoms with Crippen LogP contribution < -0.4 is 0 Å². The lowest BCUT2D eigenvalue weighted by atomic mass is 9.62. The highest BCUT2D eigenvalue weighted by Crippen LogP contribution is 2.59. The molecule has 8 rings (SSSR count). The summed E-state index contributed by atoms with van der Waals surface area (Å²) in [6.07, 6.45) is 0. The van der Waals surface area contributed by atoms with Crippen LogP contribution in [0.4, 0.5) is 0 Å². The molecule has 0 saturated heterocycles. The second-order valence-corrected chi connectivity index (χ2v) is 19.1. The van der Waals surface area contributed by atoms with Gasteiger partial charge in [-0.3, -0.25) is 0 Å². The molecule has 0 fully saturated rings. The van der Waals surface area contributed by atoms with E-state index in [1.54, 1.807) is 0 Å². The van der Waals surface area contributed by atoms with E-state index in [0.29, 0.717) is 11.8 Å². The molecule has 0 N–H and O–H groups in total. The van der Waals surface area contributed by atoms with Gasteiger partial charge < -0.3 is 0 Å². The molecular weight excluding hydrogens is 577 g/mol. The lowest BCUT2D eigenvalue weighted by Gasteiger charge is -2.40. The van der Waals surface area contributed by atoms with E-state index in [-0.39, 0.29) is 21.7 Å². The van der Waals surface area contributed by atoms with Gasteiger partial charge in [0.25, 0.3) is 0 Å². The van der Waals surface area contributed by atoms with Crippen LogP contribution in [0.5, 0.6) is 0 Å². The van der Waals surface area contributed by atoms with Crippen LogP contribution in [0.2, 0.25) is 0 Å². The monoisotopic (exact) mass is 630 g/mol. The van der Waals surface area contributed by atoms with Crippen LogP contribution in [-0.2, 0) is 21.7 Å². The second kappa shape index (κ2) is 9.53. The number of hydrogen-bond acceptors (Lipinski definition) is 0. The number of fused-ring (bicyclic) bond motifs is 4. The number of benzene rings is 6. The van der Waals surface area contributed by atoms with E-state index in [1.807, 2.05) is 0 Å². The van der Waals surface area contributed by atoms with Gasteiger partial charge in [0, 0.05) is 10.8 Å². The molecular formula is C48H54. The minimum absolute atomic E-state index is 0.0969. The highest BCUT2D eigenvalue weighted by atomic mass is 14.4. The zero-order valence-electron chi connectivity index (χ0n) is 31.9. The fraction of sp³-hybridized carbons (Fsp3) is 0.417. The van der Waals surface area contributed by atoms with Gasteiger partial charge in [-0.1, -0.05) is 145 Å². The average Bonchev–Trinajstić information content (AvgIpc) is 2.99. The summed E-state index contributed by atoms with van der Waals surface area (Å²) in [5.41, 5.74) is 17.3. The van der Waals surface area contributed by atoms with E-state index < -0.39 is 0 Å². The number of rotatable bonds is 2. The summed E-state index contributed by atoms with van der Waals surface area (Å²) < 4.78 is 0. The summed E-state index contributed by atoms with van der Waals surface area (Å²) in [4.78, 5) is 0. The zero-order valence-corrected chi connectivity index (χ0v) is 31.9. The Balaban J connectivity index is 1.63. The first-order valence-corrected chi connectivity index (χ1v) is 18.4. The van der Waals surface area contributed by atoms with Gasteiger partial charge in [0.2, 0.25) is 0 Å². The van der Waals surface area contributed by atoms with Gasteiger partial charge in [-0.2, -0.15) is 0 Å². The van der Waals surface area contributed by atoms with Gasteiger partial charge in [0.15, 0.2) is 0 Å². The first-order chi connectivity index (χ1) is 22.2. The van der Waals surface area contributed by atoms with Crippen molar-refractivity contribution in [2.45, 2.75) is 130 Å². The Morgan fingerprint density at radius 1 is 0.417 bits per heavy atom. The van der Waals surface area contributed by atoms with Crippen molar-refractivity contribution < 1.29 is 0 Å². The molecule has 0 radical (unpaired) electrons. The largest absolute Gasteiger partial charge is 0.0587 e. The van der Waals surface area contributed by atoms with E-state index >= 15 is 0 Å². The SMILES string of the molecule is CC(C)c1cc2c3c(cc4c(C(C)C)cc5c6c(cc1c3c46)-c1ccc(C(C)(C)C)cc1C5(C)C)-c1ccc(C(C)(C)C)cc1C2(C)C. The molecule has 0 nitrogen and oxygen atoms in total. The summed E-state index contributed by atoms with van der Waals surface area (Å²) in [7, 11) is 0. The topological polar surface area (TPSA) is 0 Å². The van der Waals surface area contributed by atoms with Gasteiger partial charge in [0.05, 0.1) is 0 Å². The van der Waals surface area contributed by atoms with Gasteiger partial charge in [0.1, 0.15) is 0 Å². The third-order valence-corrected chi connectivity index (χ3v) is 12.5. The van der Waals surface area contributed by atoms with E-state index in [9.17, 15) is 0 Å². The maximum atomic E-state index is 2.61. The maximum absolute atomic E-state index is 2.61. The van der Waals surface area contributed by atoms with Gasteiger partial charge >= 0.3 is 0 Å². The Morgan fingerprint density at radius 3 is 1.08 bits per heavy atom. The molecule has 0 spiro atoms. The Morgan fingerprint density at radius 2 is 0.771 bits per heavy atom. The van der Waals surface area contributed by atoms with Crippen LogP contribution in [0.25, 0.3) is 54.6 Å². The van der Waals surface area contributed by atoms with Crippen LogP contribution in [0.1, 0.15) is 153 Å². The van der Waals surface area contributed by atoms with E-state index in [2.05, 4.69) is 158 Å². The first kappa shape index (κ1) is 31.6. The summed E-state index contributed by atoms with van der Waals surface area (Å²) in [6, 6.07) is 25.2. The van der Waals surface area contributed by atoms with E-state index in [4.69, 9.17) is 0 Å². The van der Waals surface area contributed by atoms with Crippen molar-refractivity contribution >= 4 is 32.3 Å². The lowest BCUT2D eigenvalue weighted by Crippen LogP contribution is -2.27. The average molecular weight is 631 g/mol. The Kier molecular flexibility index (Phi) is 6.28. The van der Waals surface area contributed by atoms with Crippen molar-refractivity contribution in [2.75, 3.05) is 0 Å². The Hall–Kier alpha value is -3.64.